The second kappa shape index (κ2) is 6.85. The number of carbonyl (C=O) groups is 1. The second-order valence-electron chi connectivity index (χ2n) is 4.00. The molecule has 0 radical (unpaired) electrons. The van der Waals surface area contributed by atoms with Crippen molar-refractivity contribution in [1.82, 2.24) is 25.5 Å². The molecule has 0 aliphatic rings. The predicted molar refractivity (Wildman–Crippen MR) is 75.8 cm³/mol. The summed E-state index contributed by atoms with van der Waals surface area (Å²) in [6.07, 6.45) is 1.99. The van der Waals surface area contributed by atoms with Crippen molar-refractivity contribution in [1.29, 1.82) is 0 Å². The summed E-state index contributed by atoms with van der Waals surface area (Å²) in [5.41, 5.74) is 0.211. The van der Waals surface area contributed by atoms with Crippen LogP contribution in [0.5, 0.6) is 0 Å². The molecule has 0 aromatic carbocycles. The average molecular weight is 295 g/mol. The quantitative estimate of drug-likeness (QED) is 0.745. The molecule has 2 aromatic heterocycles. The van der Waals surface area contributed by atoms with Gasteiger partial charge in [0.1, 0.15) is 23.7 Å². The number of hydrogen-bond acceptors (Lipinski definition) is 5. The fourth-order valence-corrected chi connectivity index (χ4v) is 1.80. The lowest BCUT2D eigenvalue weighted by Crippen LogP contribution is -2.27. The monoisotopic (exact) mass is 294 g/mol. The number of aromatic amines is 1. The summed E-state index contributed by atoms with van der Waals surface area (Å²) < 4.78 is 0. The Hall–Kier alpha value is -2.15. The van der Waals surface area contributed by atoms with Gasteiger partial charge in [0.2, 0.25) is 0 Å². The van der Waals surface area contributed by atoms with Crippen LogP contribution in [0.25, 0.3) is 0 Å². The van der Waals surface area contributed by atoms with E-state index in [9.17, 15) is 4.79 Å². The van der Waals surface area contributed by atoms with E-state index in [0.717, 1.165) is 6.54 Å². The fraction of sp³-hybridized carbons (Fsp3) is 0.333. The highest BCUT2D eigenvalue weighted by atomic mass is 35.5. The minimum Gasteiger partial charge on any atom is -0.370 e. The molecular weight excluding hydrogens is 280 g/mol. The number of H-pyrrole nitrogens is 1. The van der Waals surface area contributed by atoms with Gasteiger partial charge in [-0.15, -0.1) is 0 Å². The zero-order valence-electron chi connectivity index (χ0n) is 11.0. The molecule has 0 aliphatic carbocycles. The van der Waals surface area contributed by atoms with Crippen LogP contribution in [0.1, 0.15) is 23.2 Å². The molecule has 2 heterocycles. The molecule has 0 fully saturated rings. The molecular formula is C12H15ClN6O. The maximum atomic E-state index is 12.0. The van der Waals surface area contributed by atoms with Gasteiger partial charge in [-0.2, -0.15) is 5.10 Å². The van der Waals surface area contributed by atoms with Crippen LogP contribution < -0.4 is 10.6 Å². The van der Waals surface area contributed by atoms with E-state index in [1.54, 1.807) is 12.1 Å². The largest absolute Gasteiger partial charge is 0.370 e. The van der Waals surface area contributed by atoms with Crippen molar-refractivity contribution in [3.05, 3.63) is 35.0 Å². The normalized spacial score (nSPS) is 10.3. The molecule has 0 saturated carbocycles. The predicted octanol–water partition coefficient (Wildman–Crippen LogP) is 1.26. The van der Waals surface area contributed by atoms with Crippen LogP contribution >= 0.6 is 11.6 Å². The molecule has 0 aliphatic heterocycles. The molecule has 2 aromatic rings. The third-order valence-electron chi connectivity index (χ3n) is 2.53. The number of nitrogens with zero attached hydrogens (tertiary/aromatic N) is 3. The Labute approximate surface area is 121 Å². The van der Waals surface area contributed by atoms with Crippen molar-refractivity contribution in [3.8, 4) is 0 Å². The summed E-state index contributed by atoms with van der Waals surface area (Å²) in [7, 11) is 0. The van der Waals surface area contributed by atoms with E-state index in [4.69, 9.17) is 11.6 Å². The topological polar surface area (TPSA) is 95.6 Å². The second-order valence-corrected chi connectivity index (χ2v) is 4.40. The van der Waals surface area contributed by atoms with Gasteiger partial charge in [-0.05, 0) is 19.1 Å². The summed E-state index contributed by atoms with van der Waals surface area (Å²) in [6, 6.07) is 3.38. The van der Waals surface area contributed by atoms with Crippen LogP contribution in [-0.4, -0.2) is 39.2 Å². The van der Waals surface area contributed by atoms with Crippen LogP contribution in [0.3, 0.4) is 0 Å². The molecule has 8 heteroatoms. The van der Waals surface area contributed by atoms with Crippen LogP contribution in [0.4, 0.5) is 5.82 Å². The van der Waals surface area contributed by atoms with Crippen molar-refractivity contribution in [2.24, 2.45) is 0 Å². The van der Waals surface area contributed by atoms with Gasteiger partial charge in [0.25, 0.3) is 5.91 Å². The van der Waals surface area contributed by atoms with E-state index < -0.39 is 0 Å². The van der Waals surface area contributed by atoms with Crippen molar-refractivity contribution >= 4 is 23.3 Å². The van der Waals surface area contributed by atoms with Crippen molar-refractivity contribution in [3.63, 3.8) is 0 Å². The summed E-state index contributed by atoms with van der Waals surface area (Å²) in [4.78, 5) is 20.2. The van der Waals surface area contributed by atoms with Crippen LogP contribution in [0, 0.1) is 0 Å². The van der Waals surface area contributed by atoms with Gasteiger partial charge in [0.15, 0.2) is 0 Å². The zero-order chi connectivity index (χ0) is 14.4. The first kappa shape index (κ1) is 14.3. The van der Waals surface area contributed by atoms with Crippen molar-refractivity contribution < 1.29 is 4.79 Å². The van der Waals surface area contributed by atoms with Gasteiger partial charge < -0.3 is 10.6 Å². The lowest BCUT2D eigenvalue weighted by atomic mass is 10.3. The molecule has 0 spiro atoms. The molecule has 7 nitrogen and oxygen atoms in total. The number of pyridine rings is 1. The first-order valence-corrected chi connectivity index (χ1v) is 6.61. The number of aromatic nitrogens is 4. The van der Waals surface area contributed by atoms with E-state index in [1.165, 1.54) is 6.33 Å². The van der Waals surface area contributed by atoms with Gasteiger partial charge in [-0.25, -0.2) is 9.97 Å². The summed E-state index contributed by atoms with van der Waals surface area (Å²) in [5, 5.41) is 12.6. The molecule has 0 unspecified atom stereocenters. The van der Waals surface area contributed by atoms with Crippen LogP contribution in [0.2, 0.25) is 5.02 Å². The van der Waals surface area contributed by atoms with Gasteiger partial charge >= 0.3 is 0 Å². The third kappa shape index (κ3) is 3.67. The Morgan fingerprint density at radius 1 is 1.45 bits per heavy atom. The minimum absolute atomic E-state index is 0.211. The third-order valence-corrected chi connectivity index (χ3v) is 2.84. The zero-order valence-corrected chi connectivity index (χ0v) is 11.7. The highest BCUT2D eigenvalue weighted by Gasteiger charge is 2.12. The Morgan fingerprint density at radius 3 is 3.00 bits per heavy atom. The van der Waals surface area contributed by atoms with Crippen LogP contribution in [-0.2, 0) is 6.42 Å². The van der Waals surface area contributed by atoms with Crippen molar-refractivity contribution in [2.45, 2.75) is 13.3 Å². The van der Waals surface area contributed by atoms with E-state index in [0.29, 0.717) is 29.6 Å². The van der Waals surface area contributed by atoms with E-state index in [-0.39, 0.29) is 11.6 Å². The molecule has 3 N–H and O–H groups in total. The van der Waals surface area contributed by atoms with E-state index in [2.05, 4.69) is 30.8 Å². The number of anilines is 1. The molecule has 2 rings (SSSR count). The smallest absolute Gasteiger partial charge is 0.271 e. The number of halogens is 1. The first-order valence-electron chi connectivity index (χ1n) is 6.23. The standard InChI is InChI=1S/C12H15ClN6O/c1-2-14-9-4-3-8(13)11(18-9)12(20)15-6-5-10-16-7-17-19-10/h3-4,7H,2,5-6H2,1H3,(H,14,18)(H,15,20)(H,16,17,19). The molecule has 0 atom stereocenters. The molecule has 20 heavy (non-hydrogen) atoms. The maximum absolute atomic E-state index is 12.0. The van der Waals surface area contributed by atoms with E-state index >= 15 is 0 Å². The fourth-order valence-electron chi connectivity index (χ4n) is 1.61. The molecule has 1 amide bonds. The first-order chi connectivity index (χ1) is 9.70. The number of amides is 1. The number of carbonyl (C=O) groups excluding carboxylic acids is 1. The Kier molecular flexibility index (Phi) is 4.89. The van der Waals surface area contributed by atoms with Gasteiger partial charge in [-0.1, -0.05) is 11.6 Å². The molecule has 0 bridgehead atoms. The van der Waals surface area contributed by atoms with Gasteiger partial charge in [0.05, 0.1) is 5.02 Å². The van der Waals surface area contributed by atoms with E-state index in [1.807, 2.05) is 6.92 Å². The van der Waals surface area contributed by atoms with Gasteiger partial charge in [0, 0.05) is 19.5 Å². The summed E-state index contributed by atoms with van der Waals surface area (Å²) >= 11 is 5.99. The average Bonchev–Trinajstić information content (AvgIpc) is 2.94. The lowest BCUT2D eigenvalue weighted by Gasteiger charge is -2.08. The van der Waals surface area contributed by atoms with Crippen molar-refractivity contribution in [2.75, 3.05) is 18.4 Å². The maximum Gasteiger partial charge on any atom is 0.271 e. The summed E-state index contributed by atoms with van der Waals surface area (Å²) in [6.45, 7) is 3.10. The molecule has 106 valence electrons. The Bertz CT molecular complexity index is 571. The SMILES string of the molecule is CCNc1ccc(Cl)c(C(=O)NCCc2ncn[nH]2)n1. The summed E-state index contributed by atoms with van der Waals surface area (Å²) in [5.74, 6) is 1.03. The number of hydrogen-bond donors (Lipinski definition) is 3. The highest BCUT2D eigenvalue weighted by molar-refractivity contribution is 6.33. The minimum atomic E-state index is -0.311. The lowest BCUT2D eigenvalue weighted by molar-refractivity contribution is 0.0949. The Balaban J connectivity index is 1.95. The number of rotatable bonds is 6. The number of nitrogens with one attached hydrogen (secondary N) is 3. The van der Waals surface area contributed by atoms with Gasteiger partial charge in [-0.3, -0.25) is 9.89 Å². The molecule has 0 saturated heterocycles. The highest BCUT2D eigenvalue weighted by Crippen LogP contribution is 2.16. The van der Waals surface area contributed by atoms with Crippen LogP contribution in [0.15, 0.2) is 18.5 Å². The Morgan fingerprint density at radius 2 is 2.30 bits per heavy atom.